The zero-order valence-electron chi connectivity index (χ0n) is 6.71. The fourth-order valence-corrected chi connectivity index (χ4v) is 2.16. The van der Waals surface area contributed by atoms with E-state index in [0.717, 1.165) is 11.2 Å². The predicted molar refractivity (Wildman–Crippen MR) is 59.2 cm³/mol. The molecule has 0 radical (unpaired) electrons. The Balaban J connectivity index is 2.89. The fraction of sp³-hybridized carbons (Fsp3) is 0.100. The lowest BCUT2D eigenvalue weighted by atomic mass is 10.2. The zero-order valence-corrected chi connectivity index (χ0v) is 8.87. The van der Waals surface area contributed by atoms with Crippen LogP contribution in [0.4, 0.5) is 0 Å². The van der Waals surface area contributed by atoms with Crippen LogP contribution in [0.5, 0.6) is 0 Å². The molecule has 1 aromatic carbocycles. The summed E-state index contributed by atoms with van der Waals surface area (Å²) < 4.78 is 1.27. The number of benzene rings is 1. The Bertz CT molecular complexity index is 423. The number of aromatic nitrogens is 1. The van der Waals surface area contributed by atoms with Crippen molar-refractivity contribution in [1.82, 2.24) is 4.98 Å². The van der Waals surface area contributed by atoms with Gasteiger partial charge in [0.15, 0.2) is 0 Å². The van der Waals surface area contributed by atoms with E-state index in [1.165, 1.54) is 8.96 Å². The Morgan fingerprint density at radius 3 is 2.83 bits per heavy atom. The van der Waals surface area contributed by atoms with E-state index in [2.05, 4.69) is 39.7 Å². The second-order valence-corrected chi connectivity index (χ2v) is 3.92. The van der Waals surface area contributed by atoms with Gasteiger partial charge in [0.05, 0.1) is 5.52 Å². The zero-order chi connectivity index (χ0) is 8.55. The first-order valence-corrected chi connectivity index (χ1v) is 4.87. The summed E-state index contributed by atoms with van der Waals surface area (Å²) in [7, 11) is 0. The summed E-state index contributed by atoms with van der Waals surface area (Å²) in [5.41, 5.74) is 2.17. The van der Waals surface area contributed by atoms with Gasteiger partial charge in [0.2, 0.25) is 0 Å². The van der Waals surface area contributed by atoms with Crippen molar-refractivity contribution < 1.29 is 0 Å². The van der Waals surface area contributed by atoms with Crippen LogP contribution >= 0.6 is 22.6 Å². The average Bonchev–Trinajstić information content (AvgIpc) is 2.04. The van der Waals surface area contributed by atoms with Gasteiger partial charge in [0.1, 0.15) is 0 Å². The maximum atomic E-state index is 4.43. The van der Waals surface area contributed by atoms with E-state index >= 15 is 0 Å². The Morgan fingerprint density at radius 1 is 1.25 bits per heavy atom. The minimum atomic E-state index is 1.08. The molecule has 2 rings (SSSR count). The van der Waals surface area contributed by atoms with Crippen molar-refractivity contribution in [3.63, 3.8) is 0 Å². The first-order valence-electron chi connectivity index (χ1n) is 3.79. The monoisotopic (exact) mass is 269 g/mol. The first kappa shape index (κ1) is 7.98. The maximum Gasteiger partial charge on any atom is 0.0715 e. The number of halogens is 1. The number of rotatable bonds is 0. The second-order valence-electron chi connectivity index (χ2n) is 2.76. The van der Waals surface area contributed by atoms with E-state index < -0.39 is 0 Å². The summed E-state index contributed by atoms with van der Waals surface area (Å²) >= 11 is 2.34. The Kier molecular flexibility index (Phi) is 2.00. The summed E-state index contributed by atoms with van der Waals surface area (Å²) in [5, 5.41) is 1.24. The molecule has 0 atom stereocenters. The van der Waals surface area contributed by atoms with Gasteiger partial charge in [0, 0.05) is 14.7 Å². The van der Waals surface area contributed by atoms with Gasteiger partial charge in [-0.25, -0.2) is 0 Å². The molecule has 0 spiro atoms. The average molecular weight is 269 g/mol. The van der Waals surface area contributed by atoms with Crippen molar-refractivity contribution in [2.45, 2.75) is 6.92 Å². The molecular weight excluding hydrogens is 261 g/mol. The molecule has 0 saturated carbocycles. The molecular formula is C10H8IN. The Morgan fingerprint density at radius 2 is 2.00 bits per heavy atom. The molecule has 0 aliphatic heterocycles. The number of hydrogen-bond donors (Lipinski definition) is 0. The number of pyridine rings is 1. The van der Waals surface area contributed by atoms with Crippen molar-refractivity contribution in [2.24, 2.45) is 0 Å². The first-order chi connectivity index (χ1) is 5.77. The Hall–Kier alpha value is -0.640. The van der Waals surface area contributed by atoms with Crippen LogP contribution < -0.4 is 0 Å². The van der Waals surface area contributed by atoms with E-state index in [-0.39, 0.29) is 0 Å². The molecule has 1 nitrogen and oxygen atoms in total. The fourth-order valence-electron chi connectivity index (χ4n) is 1.26. The van der Waals surface area contributed by atoms with E-state index in [1.54, 1.807) is 0 Å². The molecule has 0 saturated heterocycles. The van der Waals surface area contributed by atoms with Crippen LogP contribution in [0.2, 0.25) is 0 Å². The molecule has 2 heteroatoms. The summed E-state index contributed by atoms with van der Waals surface area (Å²) in [4.78, 5) is 4.43. The number of fused-ring (bicyclic) bond motifs is 1. The highest BCUT2D eigenvalue weighted by molar-refractivity contribution is 14.1. The minimum absolute atomic E-state index is 1.08. The van der Waals surface area contributed by atoms with Crippen molar-refractivity contribution >= 4 is 33.5 Å². The van der Waals surface area contributed by atoms with Crippen molar-refractivity contribution in [3.8, 4) is 0 Å². The highest BCUT2D eigenvalue weighted by atomic mass is 127. The molecule has 0 aliphatic carbocycles. The quantitative estimate of drug-likeness (QED) is 0.669. The van der Waals surface area contributed by atoms with Gasteiger partial charge in [-0.1, -0.05) is 18.2 Å². The molecule has 0 unspecified atom stereocenters. The van der Waals surface area contributed by atoms with Crippen molar-refractivity contribution in [2.75, 3.05) is 0 Å². The van der Waals surface area contributed by atoms with Gasteiger partial charge in [-0.2, -0.15) is 0 Å². The van der Waals surface area contributed by atoms with Crippen LogP contribution in [0, 0.1) is 10.5 Å². The van der Waals surface area contributed by atoms with Gasteiger partial charge in [0.25, 0.3) is 0 Å². The molecule has 0 N–H and O–H groups in total. The molecule has 0 fully saturated rings. The van der Waals surface area contributed by atoms with Crippen LogP contribution in [-0.4, -0.2) is 4.98 Å². The lowest BCUT2D eigenvalue weighted by molar-refractivity contribution is 1.25. The van der Waals surface area contributed by atoms with Crippen LogP contribution in [0.3, 0.4) is 0 Å². The van der Waals surface area contributed by atoms with Crippen molar-refractivity contribution in [3.05, 3.63) is 39.6 Å². The van der Waals surface area contributed by atoms with Crippen LogP contribution in [-0.2, 0) is 0 Å². The second kappa shape index (κ2) is 3.01. The van der Waals surface area contributed by atoms with Crippen LogP contribution in [0.25, 0.3) is 10.9 Å². The van der Waals surface area contributed by atoms with E-state index in [1.807, 2.05) is 25.1 Å². The molecule has 0 bridgehead atoms. The molecule has 1 heterocycles. The van der Waals surface area contributed by atoms with E-state index in [9.17, 15) is 0 Å². The molecule has 0 aliphatic rings. The van der Waals surface area contributed by atoms with E-state index in [4.69, 9.17) is 0 Å². The molecule has 2 aromatic rings. The normalized spacial score (nSPS) is 10.5. The number of aryl methyl sites for hydroxylation is 1. The largest absolute Gasteiger partial charge is 0.253 e. The van der Waals surface area contributed by atoms with Crippen LogP contribution in [0.15, 0.2) is 30.3 Å². The number of para-hydroxylation sites is 1. The van der Waals surface area contributed by atoms with Crippen molar-refractivity contribution in [1.29, 1.82) is 0 Å². The van der Waals surface area contributed by atoms with Gasteiger partial charge in [-0.15, -0.1) is 0 Å². The van der Waals surface area contributed by atoms with Gasteiger partial charge in [-0.05, 0) is 41.6 Å². The molecule has 12 heavy (non-hydrogen) atoms. The Labute approximate surface area is 85.0 Å². The third-order valence-electron chi connectivity index (χ3n) is 1.79. The minimum Gasteiger partial charge on any atom is -0.253 e. The maximum absolute atomic E-state index is 4.43. The third-order valence-corrected chi connectivity index (χ3v) is 2.69. The smallest absolute Gasteiger partial charge is 0.0715 e. The number of hydrogen-bond acceptors (Lipinski definition) is 1. The van der Waals surface area contributed by atoms with Gasteiger partial charge < -0.3 is 0 Å². The number of nitrogens with zero attached hydrogens (tertiary/aromatic N) is 1. The SMILES string of the molecule is Cc1cc(I)c2ccccc2n1. The standard InChI is InChI=1S/C10H8IN/c1-7-6-9(11)8-4-2-3-5-10(8)12-7/h2-6H,1H3. The predicted octanol–water partition coefficient (Wildman–Crippen LogP) is 3.15. The summed E-state index contributed by atoms with van der Waals surface area (Å²) in [6.07, 6.45) is 0. The molecule has 0 amide bonds. The van der Waals surface area contributed by atoms with Gasteiger partial charge >= 0.3 is 0 Å². The topological polar surface area (TPSA) is 12.9 Å². The van der Waals surface area contributed by atoms with Gasteiger partial charge in [-0.3, -0.25) is 4.98 Å². The third kappa shape index (κ3) is 1.31. The summed E-state index contributed by atoms with van der Waals surface area (Å²) in [6.45, 7) is 2.02. The summed E-state index contributed by atoms with van der Waals surface area (Å²) in [5.74, 6) is 0. The lowest BCUT2D eigenvalue weighted by Crippen LogP contribution is -1.85. The highest BCUT2D eigenvalue weighted by Crippen LogP contribution is 2.19. The van der Waals surface area contributed by atoms with E-state index in [0.29, 0.717) is 0 Å². The molecule has 60 valence electrons. The summed E-state index contributed by atoms with van der Waals surface area (Å²) in [6, 6.07) is 10.3. The molecule has 1 aromatic heterocycles. The highest BCUT2D eigenvalue weighted by Gasteiger charge is 1.98. The lowest BCUT2D eigenvalue weighted by Gasteiger charge is -2.00. The van der Waals surface area contributed by atoms with Crippen LogP contribution in [0.1, 0.15) is 5.69 Å².